The molecule has 18 heavy (non-hydrogen) atoms. The molecule has 1 aromatic carbocycles. The number of hydrogen-bond donors (Lipinski definition) is 1. The molecule has 0 fully saturated rings. The zero-order chi connectivity index (χ0) is 13.8. The Kier molecular flexibility index (Phi) is 5.15. The van der Waals surface area contributed by atoms with Crippen molar-refractivity contribution in [2.75, 3.05) is 18.0 Å². The molecule has 0 aliphatic rings. The number of halogens is 1. The highest BCUT2D eigenvalue weighted by Crippen LogP contribution is 2.17. The number of benzene rings is 1. The van der Waals surface area contributed by atoms with Crippen LogP contribution in [0, 0.1) is 5.82 Å². The molecule has 0 saturated heterocycles. The fourth-order valence-electron chi connectivity index (χ4n) is 1.95. The van der Waals surface area contributed by atoms with E-state index >= 15 is 0 Å². The summed E-state index contributed by atoms with van der Waals surface area (Å²) in [7, 11) is 0. The zero-order valence-electron chi connectivity index (χ0n) is 12.1. The molecular formula is C15H25FN2. The van der Waals surface area contributed by atoms with Crippen molar-refractivity contribution in [3.05, 3.63) is 30.1 Å². The van der Waals surface area contributed by atoms with Crippen molar-refractivity contribution in [2.45, 2.75) is 46.2 Å². The van der Waals surface area contributed by atoms with Gasteiger partial charge in [-0.25, -0.2) is 4.39 Å². The van der Waals surface area contributed by atoms with Crippen molar-refractivity contribution < 1.29 is 4.39 Å². The average Bonchev–Trinajstić information content (AvgIpc) is 2.29. The van der Waals surface area contributed by atoms with Crippen molar-refractivity contribution >= 4 is 5.69 Å². The third-order valence-electron chi connectivity index (χ3n) is 2.96. The van der Waals surface area contributed by atoms with Crippen LogP contribution >= 0.6 is 0 Å². The minimum absolute atomic E-state index is 0.121. The minimum Gasteiger partial charge on any atom is -0.368 e. The van der Waals surface area contributed by atoms with Crippen LogP contribution in [-0.2, 0) is 0 Å². The molecule has 0 spiro atoms. The first-order chi connectivity index (χ1) is 8.33. The summed E-state index contributed by atoms with van der Waals surface area (Å²) in [5, 5.41) is 3.50. The van der Waals surface area contributed by atoms with E-state index in [9.17, 15) is 4.39 Å². The van der Waals surface area contributed by atoms with Crippen LogP contribution in [0.15, 0.2) is 24.3 Å². The van der Waals surface area contributed by atoms with Gasteiger partial charge < -0.3 is 10.2 Å². The lowest BCUT2D eigenvalue weighted by atomic mass is 10.1. The molecule has 1 aromatic rings. The lowest BCUT2D eigenvalue weighted by Crippen LogP contribution is -2.46. The highest BCUT2D eigenvalue weighted by molar-refractivity contribution is 5.47. The van der Waals surface area contributed by atoms with Gasteiger partial charge in [-0.3, -0.25) is 0 Å². The molecule has 0 aliphatic carbocycles. The first-order valence-corrected chi connectivity index (χ1v) is 6.60. The second-order valence-electron chi connectivity index (χ2n) is 5.74. The van der Waals surface area contributed by atoms with Crippen LogP contribution in [-0.4, -0.2) is 24.7 Å². The van der Waals surface area contributed by atoms with E-state index in [2.05, 4.69) is 44.8 Å². The fraction of sp³-hybridized carbons (Fsp3) is 0.600. The number of hydrogen-bond acceptors (Lipinski definition) is 2. The Balaban J connectivity index is 2.68. The molecule has 3 heteroatoms. The van der Waals surface area contributed by atoms with E-state index in [1.54, 1.807) is 0 Å². The Morgan fingerprint density at radius 3 is 2.22 bits per heavy atom. The quantitative estimate of drug-likeness (QED) is 0.863. The maximum Gasteiger partial charge on any atom is 0.123 e. The van der Waals surface area contributed by atoms with Gasteiger partial charge in [0.05, 0.1) is 0 Å². The van der Waals surface area contributed by atoms with Gasteiger partial charge >= 0.3 is 0 Å². The van der Waals surface area contributed by atoms with Gasteiger partial charge in [-0.05, 0) is 58.9 Å². The largest absolute Gasteiger partial charge is 0.368 e. The Labute approximate surface area is 110 Å². The van der Waals surface area contributed by atoms with Gasteiger partial charge in [0.25, 0.3) is 0 Å². The summed E-state index contributed by atoms with van der Waals surface area (Å²) in [6, 6.07) is 7.09. The van der Waals surface area contributed by atoms with E-state index < -0.39 is 0 Å². The summed E-state index contributed by atoms with van der Waals surface area (Å²) in [5.74, 6) is -0.185. The molecule has 0 aliphatic heterocycles. The average molecular weight is 252 g/mol. The lowest BCUT2D eigenvalue weighted by molar-refractivity contribution is 0.405. The van der Waals surface area contributed by atoms with Crippen molar-refractivity contribution in [2.24, 2.45) is 0 Å². The van der Waals surface area contributed by atoms with Crippen molar-refractivity contribution in [1.29, 1.82) is 0 Å². The van der Waals surface area contributed by atoms with Crippen molar-refractivity contribution in [3.8, 4) is 0 Å². The highest BCUT2D eigenvalue weighted by Gasteiger charge is 2.16. The highest BCUT2D eigenvalue weighted by atomic mass is 19.1. The molecule has 0 aromatic heterocycles. The summed E-state index contributed by atoms with van der Waals surface area (Å²) in [5.41, 5.74) is 1.19. The number of nitrogens with zero attached hydrogens (tertiary/aromatic N) is 1. The molecule has 102 valence electrons. The van der Waals surface area contributed by atoms with Gasteiger partial charge in [0.1, 0.15) is 5.82 Å². The third-order valence-corrected chi connectivity index (χ3v) is 2.96. The Hall–Kier alpha value is -1.09. The van der Waals surface area contributed by atoms with E-state index in [0.717, 1.165) is 18.8 Å². The predicted octanol–water partition coefficient (Wildman–Crippen LogP) is 3.43. The molecule has 1 unspecified atom stereocenters. The zero-order valence-corrected chi connectivity index (χ0v) is 12.1. The fourth-order valence-corrected chi connectivity index (χ4v) is 1.95. The molecule has 0 amide bonds. The maximum atomic E-state index is 12.9. The van der Waals surface area contributed by atoms with Crippen molar-refractivity contribution in [3.63, 3.8) is 0 Å². The number of anilines is 1. The Morgan fingerprint density at radius 2 is 1.78 bits per heavy atom. The molecule has 1 rings (SSSR count). The van der Waals surface area contributed by atoms with Crippen molar-refractivity contribution in [1.82, 2.24) is 5.32 Å². The van der Waals surface area contributed by atoms with Crippen LogP contribution in [0.1, 0.15) is 34.6 Å². The molecule has 0 radical (unpaired) electrons. The third kappa shape index (κ3) is 4.65. The van der Waals surface area contributed by atoms with Gasteiger partial charge in [0, 0.05) is 30.4 Å². The van der Waals surface area contributed by atoms with Crippen LogP contribution in [0.25, 0.3) is 0 Å². The molecule has 0 saturated carbocycles. The number of nitrogens with one attached hydrogen (secondary N) is 1. The summed E-state index contributed by atoms with van der Waals surface area (Å²) in [4.78, 5) is 2.28. The molecule has 1 atom stereocenters. The SMILES string of the molecule is CCN(c1ccc(F)cc1)C(C)CNC(C)(C)C. The van der Waals surface area contributed by atoms with Crippen LogP contribution in [0.4, 0.5) is 10.1 Å². The first kappa shape index (κ1) is 15.0. The molecule has 0 heterocycles. The van der Waals surface area contributed by atoms with Gasteiger partial charge in [-0.15, -0.1) is 0 Å². The second-order valence-corrected chi connectivity index (χ2v) is 5.74. The second kappa shape index (κ2) is 6.19. The molecule has 0 bridgehead atoms. The molecule has 1 N–H and O–H groups in total. The van der Waals surface area contributed by atoms with E-state index in [4.69, 9.17) is 0 Å². The summed E-state index contributed by atoms with van der Waals surface area (Å²) in [6.45, 7) is 12.6. The van der Waals surface area contributed by atoms with Crippen LogP contribution in [0.2, 0.25) is 0 Å². The van der Waals surface area contributed by atoms with Crippen LogP contribution < -0.4 is 10.2 Å². The van der Waals surface area contributed by atoms with Gasteiger partial charge in [-0.2, -0.15) is 0 Å². The number of rotatable bonds is 5. The topological polar surface area (TPSA) is 15.3 Å². The van der Waals surface area contributed by atoms with Gasteiger partial charge in [-0.1, -0.05) is 0 Å². The lowest BCUT2D eigenvalue weighted by Gasteiger charge is -2.33. The van der Waals surface area contributed by atoms with E-state index in [1.807, 2.05) is 12.1 Å². The van der Waals surface area contributed by atoms with E-state index in [0.29, 0.717) is 6.04 Å². The molecule has 2 nitrogen and oxygen atoms in total. The summed E-state index contributed by atoms with van der Waals surface area (Å²) in [6.07, 6.45) is 0. The Bertz CT molecular complexity index is 354. The van der Waals surface area contributed by atoms with Gasteiger partial charge in [0.15, 0.2) is 0 Å². The van der Waals surface area contributed by atoms with Crippen LogP contribution in [0.5, 0.6) is 0 Å². The summed E-state index contributed by atoms with van der Waals surface area (Å²) < 4.78 is 12.9. The standard InChI is InChI=1S/C15H25FN2/c1-6-18(12(2)11-17-15(3,4)5)14-9-7-13(16)8-10-14/h7-10,12,17H,6,11H2,1-5H3. The normalized spacial score (nSPS) is 13.4. The predicted molar refractivity (Wildman–Crippen MR) is 76.6 cm³/mol. The first-order valence-electron chi connectivity index (χ1n) is 6.60. The summed E-state index contributed by atoms with van der Waals surface area (Å²) >= 11 is 0. The smallest absolute Gasteiger partial charge is 0.123 e. The monoisotopic (exact) mass is 252 g/mol. The van der Waals surface area contributed by atoms with E-state index in [1.165, 1.54) is 12.1 Å². The van der Waals surface area contributed by atoms with E-state index in [-0.39, 0.29) is 11.4 Å². The Morgan fingerprint density at radius 1 is 1.22 bits per heavy atom. The van der Waals surface area contributed by atoms with Crippen LogP contribution in [0.3, 0.4) is 0 Å². The minimum atomic E-state index is -0.185. The van der Waals surface area contributed by atoms with Gasteiger partial charge in [0.2, 0.25) is 0 Å². The number of likely N-dealkylation sites (N-methyl/N-ethyl adjacent to an activating group) is 1. The molecular weight excluding hydrogens is 227 g/mol. The maximum absolute atomic E-state index is 12.9.